The predicted octanol–water partition coefficient (Wildman–Crippen LogP) is 0.928. The monoisotopic (exact) mass is 134 g/mol. The Balaban J connectivity index is 0. The molecular weight excluding hydrogens is 121 g/mol. The first-order valence-corrected chi connectivity index (χ1v) is 3.02. The molecule has 0 heterocycles. The van der Waals surface area contributed by atoms with Crippen molar-refractivity contribution in [1.82, 2.24) is 4.90 Å². The van der Waals surface area contributed by atoms with Gasteiger partial charge in [0.25, 0.3) is 0 Å². The summed E-state index contributed by atoms with van der Waals surface area (Å²) in [6.45, 7) is 8.12. The van der Waals surface area contributed by atoms with E-state index in [2.05, 4.69) is 30.7 Å². The zero-order valence-corrected chi connectivity index (χ0v) is 8.86. The van der Waals surface area contributed by atoms with Crippen LogP contribution in [0, 0.1) is 12.0 Å². The first-order chi connectivity index (χ1) is 3.85. The summed E-state index contributed by atoms with van der Waals surface area (Å²) in [5.41, 5.74) is 0. The van der Waals surface area contributed by atoms with Gasteiger partial charge in [0, 0.05) is 48.7 Å². The van der Waals surface area contributed by atoms with Gasteiger partial charge in [-0.1, -0.05) is 5.92 Å². The maximum Gasteiger partial charge on any atom is 0.0232 e. The maximum atomic E-state index is 2.97. The van der Waals surface area contributed by atoms with Crippen LogP contribution in [0.15, 0.2) is 0 Å². The van der Waals surface area contributed by atoms with Gasteiger partial charge in [-0.05, 0) is 20.8 Å². The van der Waals surface area contributed by atoms with E-state index in [0.717, 1.165) is 13.1 Å². The van der Waals surface area contributed by atoms with Gasteiger partial charge in [0.15, 0.2) is 0 Å². The summed E-state index contributed by atoms with van der Waals surface area (Å²) in [5, 5.41) is 0. The van der Waals surface area contributed by atoms with Crippen LogP contribution in [0.25, 0.3) is 0 Å². The van der Waals surface area contributed by atoms with Crippen LogP contribution in [0.1, 0.15) is 20.8 Å². The molecule has 0 bridgehead atoms. The molecule has 0 unspecified atom stereocenters. The van der Waals surface area contributed by atoms with Gasteiger partial charge in [0.1, 0.15) is 0 Å². The zero-order chi connectivity index (χ0) is 6.41. The van der Waals surface area contributed by atoms with E-state index in [0.29, 0.717) is 0 Å². The average Bonchev–Trinajstić information content (AvgIpc) is 1.83. The molecule has 0 aromatic rings. The molecule has 0 amide bonds. The number of nitrogens with zero attached hydrogens (tertiary/aromatic N) is 1. The summed E-state index contributed by atoms with van der Waals surface area (Å²) in [6, 6.07) is 2.97. The van der Waals surface area contributed by atoms with Gasteiger partial charge in [-0.25, -0.2) is 0 Å². The Kier molecular flexibility index (Phi) is 11.2. The maximum absolute atomic E-state index is 2.97. The molecule has 0 aliphatic rings. The summed E-state index contributed by atoms with van der Waals surface area (Å²) < 4.78 is 0. The van der Waals surface area contributed by atoms with E-state index in [1.807, 2.05) is 6.92 Å². The second-order valence-corrected chi connectivity index (χ2v) is 1.53. The standard InChI is InChI=1S/C7H13N.Na/c1-4-7-8(5-2)6-3;/h5-6H2,1-3H3;. The van der Waals surface area contributed by atoms with Crippen molar-refractivity contribution in [1.29, 1.82) is 0 Å². The Morgan fingerprint density at radius 2 is 1.67 bits per heavy atom. The van der Waals surface area contributed by atoms with Crippen molar-refractivity contribution in [2.24, 2.45) is 0 Å². The topological polar surface area (TPSA) is 3.24 Å². The van der Waals surface area contributed by atoms with Crippen molar-refractivity contribution in [3.8, 4) is 12.0 Å². The van der Waals surface area contributed by atoms with Gasteiger partial charge in [0.2, 0.25) is 0 Å². The fourth-order valence-electron chi connectivity index (χ4n) is 0.540. The molecule has 47 valence electrons. The van der Waals surface area contributed by atoms with E-state index in [1.165, 1.54) is 0 Å². The minimum Gasteiger partial charge on any atom is -0.333 e. The molecule has 0 fully saturated rings. The molecule has 0 atom stereocenters. The SMILES string of the molecule is CC#CN(CC)CC.[Na]. The minimum absolute atomic E-state index is 0. The molecule has 9 heavy (non-hydrogen) atoms. The fraction of sp³-hybridized carbons (Fsp3) is 0.714. The summed E-state index contributed by atoms with van der Waals surface area (Å²) in [6.07, 6.45) is 0. The Morgan fingerprint density at radius 1 is 1.22 bits per heavy atom. The van der Waals surface area contributed by atoms with Crippen molar-refractivity contribution in [2.75, 3.05) is 13.1 Å². The van der Waals surface area contributed by atoms with Crippen LogP contribution >= 0.6 is 0 Å². The number of hydrogen-bond donors (Lipinski definition) is 0. The van der Waals surface area contributed by atoms with E-state index >= 15 is 0 Å². The first-order valence-electron chi connectivity index (χ1n) is 3.02. The Labute approximate surface area is 80.1 Å². The summed E-state index contributed by atoms with van der Waals surface area (Å²) in [7, 11) is 0. The third-order valence-corrected chi connectivity index (χ3v) is 1.03. The smallest absolute Gasteiger partial charge is 0.0232 e. The van der Waals surface area contributed by atoms with E-state index < -0.39 is 0 Å². The van der Waals surface area contributed by atoms with Gasteiger partial charge in [0.05, 0.1) is 0 Å². The van der Waals surface area contributed by atoms with Crippen molar-refractivity contribution in [2.45, 2.75) is 20.8 Å². The quantitative estimate of drug-likeness (QED) is 0.308. The Bertz CT molecular complexity index is 97.2. The normalized spacial score (nSPS) is 6.56. The van der Waals surface area contributed by atoms with Crippen LogP contribution in [0.2, 0.25) is 0 Å². The summed E-state index contributed by atoms with van der Waals surface area (Å²) in [4.78, 5) is 2.07. The molecule has 1 radical (unpaired) electrons. The molecule has 0 saturated carbocycles. The largest absolute Gasteiger partial charge is 0.333 e. The van der Waals surface area contributed by atoms with E-state index in [4.69, 9.17) is 0 Å². The van der Waals surface area contributed by atoms with Gasteiger partial charge >= 0.3 is 0 Å². The number of rotatable bonds is 2. The molecule has 0 aromatic carbocycles. The third-order valence-electron chi connectivity index (χ3n) is 1.03. The first kappa shape index (κ1) is 12.1. The number of hydrogen-bond acceptors (Lipinski definition) is 1. The van der Waals surface area contributed by atoms with Gasteiger partial charge < -0.3 is 4.90 Å². The van der Waals surface area contributed by atoms with E-state index in [9.17, 15) is 0 Å². The van der Waals surface area contributed by atoms with Crippen molar-refractivity contribution < 1.29 is 0 Å². The van der Waals surface area contributed by atoms with Crippen LogP contribution in [0.5, 0.6) is 0 Å². The van der Waals surface area contributed by atoms with Gasteiger partial charge in [-0.2, -0.15) is 0 Å². The zero-order valence-electron chi connectivity index (χ0n) is 6.86. The second-order valence-electron chi connectivity index (χ2n) is 1.53. The van der Waals surface area contributed by atoms with Gasteiger partial charge in [-0.15, -0.1) is 0 Å². The van der Waals surface area contributed by atoms with Crippen molar-refractivity contribution in [3.05, 3.63) is 0 Å². The Hall–Kier alpha value is 0.360. The predicted molar refractivity (Wildman–Crippen MR) is 42.1 cm³/mol. The van der Waals surface area contributed by atoms with Gasteiger partial charge in [-0.3, -0.25) is 0 Å². The van der Waals surface area contributed by atoms with Crippen LogP contribution in [0.4, 0.5) is 0 Å². The molecule has 0 aromatic heterocycles. The molecule has 0 aliphatic heterocycles. The van der Waals surface area contributed by atoms with Crippen LogP contribution in [-0.2, 0) is 0 Å². The van der Waals surface area contributed by atoms with Crippen LogP contribution in [-0.4, -0.2) is 47.5 Å². The van der Waals surface area contributed by atoms with Crippen molar-refractivity contribution in [3.63, 3.8) is 0 Å². The Morgan fingerprint density at radius 3 is 1.78 bits per heavy atom. The van der Waals surface area contributed by atoms with Crippen LogP contribution < -0.4 is 0 Å². The van der Waals surface area contributed by atoms with Crippen LogP contribution in [0.3, 0.4) is 0 Å². The van der Waals surface area contributed by atoms with E-state index in [1.54, 1.807) is 0 Å². The van der Waals surface area contributed by atoms with Crippen molar-refractivity contribution >= 4 is 29.6 Å². The second kappa shape index (κ2) is 8.36. The molecule has 0 rings (SSSR count). The molecular formula is C7H13NNa. The fourth-order valence-corrected chi connectivity index (χ4v) is 0.540. The minimum atomic E-state index is 0. The third kappa shape index (κ3) is 6.24. The summed E-state index contributed by atoms with van der Waals surface area (Å²) >= 11 is 0. The molecule has 0 saturated heterocycles. The average molecular weight is 134 g/mol. The molecule has 0 spiro atoms. The molecule has 2 heteroatoms. The molecule has 1 nitrogen and oxygen atoms in total. The van der Waals surface area contributed by atoms with E-state index in [-0.39, 0.29) is 29.6 Å². The summed E-state index contributed by atoms with van der Waals surface area (Å²) in [5.74, 6) is 2.85. The molecule has 0 aliphatic carbocycles. The molecule has 0 N–H and O–H groups in total.